The molecular weight excluding hydrogens is 244 g/mol. The van der Waals surface area contributed by atoms with E-state index in [1.54, 1.807) is 0 Å². The Bertz CT molecular complexity index is 258. The molecule has 1 fully saturated rings. The summed E-state index contributed by atoms with van der Waals surface area (Å²) in [6.45, 7) is 14.3. The highest BCUT2D eigenvalue weighted by atomic mass is 15.1. The monoisotopic (exact) mass is 282 g/mol. The Kier molecular flexibility index (Phi) is 7.53. The van der Waals surface area contributed by atoms with Crippen LogP contribution < -0.4 is 5.32 Å². The largest absolute Gasteiger partial charge is 0.313 e. The molecule has 2 nitrogen and oxygen atoms in total. The van der Waals surface area contributed by atoms with Gasteiger partial charge < -0.3 is 10.2 Å². The molecule has 0 aromatic rings. The van der Waals surface area contributed by atoms with Gasteiger partial charge in [0.25, 0.3) is 0 Å². The Morgan fingerprint density at radius 1 is 1.20 bits per heavy atom. The Morgan fingerprint density at radius 3 is 2.40 bits per heavy atom. The highest BCUT2D eigenvalue weighted by Crippen LogP contribution is 2.39. The highest BCUT2D eigenvalue weighted by Gasteiger charge is 2.39. The maximum atomic E-state index is 3.87. The molecule has 0 heterocycles. The molecule has 2 unspecified atom stereocenters. The average molecular weight is 283 g/mol. The number of rotatable bonds is 8. The maximum Gasteiger partial charge on any atom is 0.0159 e. The quantitative estimate of drug-likeness (QED) is 0.714. The summed E-state index contributed by atoms with van der Waals surface area (Å²) < 4.78 is 0. The van der Waals surface area contributed by atoms with Crippen molar-refractivity contribution in [1.29, 1.82) is 0 Å². The molecule has 1 N–H and O–H groups in total. The minimum absolute atomic E-state index is 0.451. The predicted octanol–water partition coefficient (Wildman–Crippen LogP) is 4.30. The summed E-state index contributed by atoms with van der Waals surface area (Å²) in [5.41, 5.74) is 0.451. The van der Waals surface area contributed by atoms with E-state index >= 15 is 0 Å². The molecule has 0 saturated heterocycles. The van der Waals surface area contributed by atoms with Gasteiger partial charge in [-0.3, -0.25) is 0 Å². The van der Waals surface area contributed by atoms with Gasteiger partial charge in [-0.1, -0.05) is 41.0 Å². The van der Waals surface area contributed by atoms with Crippen molar-refractivity contribution >= 4 is 0 Å². The van der Waals surface area contributed by atoms with E-state index in [9.17, 15) is 0 Å². The molecule has 1 rings (SSSR count). The Balaban J connectivity index is 2.68. The molecule has 0 radical (unpaired) electrons. The van der Waals surface area contributed by atoms with E-state index in [-0.39, 0.29) is 0 Å². The van der Waals surface area contributed by atoms with Gasteiger partial charge in [-0.05, 0) is 57.0 Å². The zero-order valence-electron chi connectivity index (χ0n) is 14.8. The number of hydrogen-bond donors (Lipinski definition) is 1. The van der Waals surface area contributed by atoms with E-state index in [0.717, 1.165) is 12.0 Å². The van der Waals surface area contributed by atoms with Crippen LogP contribution in [0.4, 0.5) is 0 Å². The maximum absolute atomic E-state index is 3.87. The molecule has 2 heteroatoms. The van der Waals surface area contributed by atoms with Crippen LogP contribution >= 0.6 is 0 Å². The zero-order valence-corrected chi connectivity index (χ0v) is 14.8. The molecular formula is C18H38N2. The Labute approximate surface area is 127 Å². The molecule has 0 spiro atoms. The SMILES string of the molecule is CCCNC1C(CN(C)C(CC)CC)CCCC1(C)C. The van der Waals surface area contributed by atoms with Crippen molar-refractivity contribution in [3.8, 4) is 0 Å². The van der Waals surface area contributed by atoms with Gasteiger partial charge in [-0.2, -0.15) is 0 Å². The second kappa shape index (κ2) is 8.38. The van der Waals surface area contributed by atoms with Crippen LogP contribution in [0.5, 0.6) is 0 Å². The van der Waals surface area contributed by atoms with Crippen molar-refractivity contribution in [3.63, 3.8) is 0 Å². The summed E-state index contributed by atoms with van der Waals surface area (Å²) in [6, 6.07) is 1.44. The molecule has 1 saturated carbocycles. The first kappa shape index (κ1) is 18.0. The lowest BCUT2D eigenvalue weighted by molar-refractivity contribution is 0.0728. The van der Waals surface area contributed by atoms with Crippen LogP contribution in [-0.2, 0) is 0 Å². The first-order valence-electron chi connectivity index (χ1n) is 8.89. The van der Waals surface area contributed by atoms with E-state index in [0.29, 0.717) is 11.5 Å². The lowest BCUT2D eigenvalue weighted by Gasteiger charge is -2.46. The normalized spacial score (nSPS) is 26.4. The van der Waals surface area contributed by atoms with Gasteiger partial charge in [0.2, 0.25) is 0 Å². The summed E-state index contributed by atoms with van der Waals surface area (Å²) in [5, 5.41) is 3.87. The molecule has 0 bridgehead atoms. The summed E-state index contributed by atoms with van der Waals surface area (Å²) in [5.74, 6) is 0.816. The molecule has 0 aromatic carbocycles. The van der Waals surface area contributed by atoms with Gasteiger partial charge >= 0.3 is 0 Å². The number of hydrogen-bond acceptors (Lipinski definition) is 2. The van der Waals surface area contributed by atoms with Crippen LogP contribution in [0.2, 0.25) is 0 Å². The van der Waals surface area contributed by atoms with Crippen LogP contribution in [-0.4, -0.2) is 37.1 Å². The lowest BCUT2D eigenvalue weighted by Crippen LogP contribution is -2.53. The molecule has 1 aliphatic rings. The van der Waals surface area contributed by atoms with Gasteiger partial charge in [0.05, 0.1) is 0 Å². The second-order valence-electron chi connectivity index (χ2n) is 7.48. The molecule has 20 heavy (non-hydrogen) atoms. The first-order valence-corrected chi connectivity index (χ1v) is 8.89. The van der Waals surface area contributed by atoms with Crippen LogP contribution in [0.25, 0.3) is 0 Å². The van der Waals surface area contributed by atoms with Crippen molar-refractivity contribution in [2.75, 3.05) is 20.1 Å². The van der Waals surface area contributed by atoms with Crippen molar-refractivity contribution in [1.82, 2.24) is 10.2 Å². The minimum atomic E-state index is 0.451. The van der Waals surface area contributed by atoms with E-state index in [1.807, 2.05) is 0 Å². The van der Waals surface area contributed by atoms with Gasteiger partial charge in [0, 0.05) is 18.6 Å². The molecule has 2 atom stereocenters. The molecule has 0 aliphatic heterocycles. The molecule has 1 aliphatic carbocycles. The summed E-state index contributed by atoms with van der Waals surface area (Å²) in [4.78, 5) is 2.62. The average Bonchev–Trinajstić information content (AvgIpc) is 2.38. The van der Waals surface area contributed by atoms with Crippen molar-refractivity contribution < 1.29 is 0 Å². The third-order valence-electron chi connectivity index (χ3n) is 5.41. The zero-order chi connectivity index (χ0) is 15.2. The predicted molar refractivity (Wildman–Crippen MR) is 90.2 cm³/mol. The van der Waals surface area contributed by atoms with Crippen LogP contribution in [0.15, 0.2) is 0 Å². The van der Waals surface area contributed by atoms with Gasteiger partial charge in [0.1, 0.15) is 0 Å². The summed E-state index contributed by atoms with van der Waals surface area (Å²) in [7, 11) is 2.33. The van der Waals surface area contributed by atoms with Gasteiger partial charge in [0.15, 0.2) is 0 Å². The standard InChI is InChI=1S/C18H38N2/c1-7-13-19-17-15(11-10-12-18(17,4)5)14-20(6)16(8-2)9-3/h15-17,19H,7-14H2,1-6H3. The number of nitrogens with zero attached hydrogens (tertiary/aromatic N) is 1. The van der Waals surface area contributed by atoms with Crippen LogP contribution in [0.1, 0.15) is 73.1 Å². The van der Waals surface area contributed by atoms with Gasteiger partial charge in [-0.25, -0.2) is 0 Å². The molecule has 0 amide bonds. The fraction of sp³-hybridized carbons (Fsp3) is 1.00. The van der Waals surface area contributed by atoms with E-state index in [4.69, 9.17) is 0 Å². The smallest absolute Gasteiger partial charge is 0.0159 e. The van der Waals surface area contributed by atoms with Gasteiger partial charge in [-0.15, -0.1) is 0 Å². The third kappa shape index (κ3) is 4.73. The van der Waals surface area contributed by atoms with Crippen LogP contribution in [0, 0.1) is 11.3 Å². The van der Waals surface area contributed by atoms with Crippen molar-refractivity contribution in [2.45, 2.75) is 85.2 Å². The van der Waals surface area contributed by atoms with Crippen molar-refractivity contribution in [2.24, 2.45) is 11.3 Å². The van der Waals surface area contributed by atoms with E-state index in [2.05, 4.69) is 51.9 Å². The highest BCUT2D eigenvalue weighted by molar-refractivity contribution is 4.94. The summed E-state index contributed by atoms with van der Waals surface area (Å²) >= 11 is 0. The fourth-order valence-corrected chi connectivity index (χ4v) is 4.15. The molecule has 0 aromatic heterocycles. The second-order valence-corrected chi connectivity index (χ2v) is 7.48. The molecule has 120 valence electrons. The topological polar surface area (TPSA) is 15.3 Å². The first-order chi connectivity index (χ1) is 9.46. The van der Waals surface area contributed by atoms with E-state index < -0.39 is 0 Å². The minimum Gasteiger partial charge on any atom is -0.313 e. The van der Waals surface area contributed by atoms with Crippen LogP contribution in [0.3, 0.4) is 0 Å². The Morgan fingerprint density at radius 2 is 1.85 bits per heavy atom. The fourth-order valence-electron chi connectivity index (χ4n) is 4.15. The number of nitrogens with one attached hydrogen (secondary N) is 1. The lowest BCUT2D eigenvalue weighted by atomic mass is 9.67. The third-order valence-corrected chi connectivity index (χ3v) is 5.41. The Hall–Kier alpha value is -0.0800. The van der Waals surface area contributed by atoms with E-state index in [1.165, 1.54) is 51.6 Å². The van der Waals surface area contributed by atoms with Crippen molar-refractivity contribution in [3.05, 3.63) is 0 Å². The summed E-state index contributed by atoms with van der Waals surface area (Å²) in [6.07, 6.45) is 7.96.